The number of hydrogen-bond donors (Lipinski definition) is 2. The third-order valence-corrected chi connectivity index (χ3v) is 4.54. The fourth-order valence-electron chi connectivity index (χ4n) is 3.06. The van der Waals surface area contributed by atoms with Gasteiger partial charge in [-0.25, -0.2) is 4.79 Å². The molecule has 1 amide bonds. The number of anilines is 2. The van der Waals surface area contributed by atoms with E-state index in [1.165, 1.54) is 9.47 Å². The minimum atomic E-state index is -0.911. The molecule has 30 heavy (non-hydrogen) atoms. The van der Waals surface area contributed by atoms with Crippen LogP contribution in [0.1, 0.15) is 34.6 Å². The van der Waals surface area contributed by atoms with E-state index in [1.807, 2.05) is 27.7 Å². The van der Waals surface area contributed by atoms with Crippen molar-refractivity contribution in [1.29, 1.82) is 0 Å². The number of H-pyrrole nitrogens is 1. The number of nitrogen functional groups attached to an aromatic ring is 1. The number of nitrogens with one attached hydrogen (secondary N) is 1. The fraction of sp³-hybridized carbons (Fsp3) is 0.476. The van der Waals surface area contributed by atoms with E-state index in [0.717, 1.165) is 0 Å². The van der Waals surface area contributed by atoms with Crippen molar-refractivity contribution in [2.24, 2.45) is 11.8 Å². The van der Waals surface area contributed by atoms with Crippen molar-refractivity contribution in [3.8, 4) is 5.75 Å². The zero-order valence-electron chi connectivity index (χ0n) is 17.9. The van der Waals surface area contributed by atoms with Gasteiger partial charge in [0, 0.05) is 18.1 Å². The number of rotatable bonds is 8. The third-order valence-electron chi connectivity index (χ3n) is 4.30. The van der Waals surface area contributed by atoms with Crippen LogP contribution in [0.5, 0.6) is 5.75 Å². The molecule has 0 aliphatic carbocycles. The average molecular weight is 437 g/mol. The molecule has 9 heteroatoms. The largest absolute Gasteiger partial charge is 0.481 e. The van der Waals surface area contributed by atoms with Crippen LogP contribution in [0, 0.1) is 11.8 Å². The van der Waals surface area contributed by atoms with Crippen LogP contribution in [-0.2, 0) is 11.3 Å². The van der Waals surface area contributed by atoms with Gasteiger partial charge >= 0.3 is 5.69 Å². The van der Waals surface area contributed by atoms with E-state index in [2.05, 4.69) is 4.98 Å². The Morgan fingerprint density at radius 2 is 1.87 bits per heavy atom. The van der Waals surface area contributed by atoms with Crippen molar-refractivity contribution in [2.45, 2.75) is 47.3 Å². The second kappa shape index (κ2) is 9.84. The van der Waals surface area contributed by atoms with Crippen molar-refractivity contribution < 1.29 is 9.53 Å². The Hall–Kier alpha value is -2.74. The normalized spacial score (nSPS) is 12.3. The summed E-state index contributed by atoms with van der Waals surface area (Å²) in [7, 11) is 0. The van der Waals surface area contributed by atoms with Crippen LogP contribution in [0.3, 0.4) is 0 Å². The van der Waals surface area contributed by atoms with Gasteiger partial charge in [0.1, 0.15) is 11.6 Å². The Kier molecular flexibility index (Phi) is 7.72. The summed E-state index contributed by atoms with van der Waals surface area (Å²) in [6.07, 6.45) is -0.911. The molecule has 1 aromatic carbocycles. The number of halogens is 1. The Labute approximate surface area is 180 Å². The summed E-state index contributed by atoms with van der Waals surface area (Å²) in [6, 6.07) is 6.70. The van der Waals surface area contributed by atoms with Crippen LogP contribution in [0.25, 0.3) is 0 Å². The molecule has 1 unspecified atom stereocenters. The SMILES string of the molecule is CC(C)CN(C(=O)C(C)Oc1cccc(Cl)c1)c1c(N)n(CC(C)C)c(=O)[nH]c1=O. The molecule has 2 rings (SSSR count). The summed E-state index contributed by atoms with van der Waals surface area (Å²) >= 11 is 5.98. The van der Waals surface area contributed by atoms with Crippen molar-refractivity contribution in [1.82, 2.24) is 9.55 Å². The second-order valence-electron chi connectivity index (χ2n) is 8.06. The molecule has 3 N–H and O–H groups in total. The number of aromatic nitrogens is 2. The van der Waals surface area contributed by atoms with Crippen molar-refractivity contribution in [3.05, 3.63) is 50.1 Å². The summed E-state index contributed by atoms with van der Waals surface area (Å²) < 4.78 is 7.02. The minimum absolute atomic E-state index is 0.0385. The lowest BCUT2D eigenvalue weighted by atomic mass is 10.1. The van der Waals surface area contributed by atoms with Gasteiger partial charge in [-0.2, -0.15) is 0 Å². The maximum Gasteiger partial charge on any atom is 0.330 e. The number of ether oxygens (including phenoxy) is 1. The quantitative estimate of drug-likeness (QED) is 0.661. The maximum absolute atomic E-state index is 13.3. The number of carbonyl (C=O) groups excluding carboxylic acids is 1. The molecule has 1 aromatic heterocycles. The van der Waals surface area contributed by atoms with Gasteiger partial charge in [0.25, 0.3) is 11.5 Å². The van der Waals surface area contributed by atoms with E-state index in [9.17, 15) is 14.4 Å². The van der Waals surface area contributed by atoms with Crippen molar-refractivity contribution in [2.75, 3.05) is 17.2 Å². The molecule has 0 aliphatic heterocycles. The molecular weight excluding hydrogens is 408 g/mol. The molecule has 0 aliphatic rings. The van der Waals surface area contributed by atoms with Gasteiger partial charge < -0.3 is 15.4 Å². The molecule has 1 heterocycles. The van der Waals surface area contributed by atoms with Crippen LogP contribution in [0.4, 0.5) is 11.5 Å². The number of hydrogen-bond acceptors (Lipinski definition) is 5. The van der Waals surface area contributed by atoms with Gasteiger partial charge in [-0.05, 0) is 37.0 Å². The highest BCUT2D eigenvalue weighted by Crippen LogP contribution is 2.23. The highest BCUT2D eigenvalue weighted by molar-refractivity contribution is 6.30. The van der Waals surface area contributed by atoms with Crippen LogP contribution in [-0.4, -0.2) is 28.1 Å². The van der Waals surface area contributed by atoms with Gasteiger partial charge in [-0.3, -0.25) is 19.1 Å². The molecule has 1 atom stereocenters. The van der Waals surface area contributed by atoms with E-state index in [4.69, 9.17) is 22.1 Å². The first-order chi connectivity index (χ1) is 14.0. The Morgan fingerprint density at radius 1 is 1.20 bits per heavy atom. The second-order valence-corrected chi connectivity index (χ2v) is 8.49. The van der Waals surface area contributed by atoms with Gasteiger partial charge in [-0.1, -0.05) is 45.4 Å². The number of amides is 1. The van der Waals surface area contributed by atoms with Gasteiger partial charge in [-0.15, -0.1) is 0 Å². The molecule has 0 saturated heterocycles. The molecule has 2 aromatic rings. The van der Waals surface area contributed by atoms with E-state index in [1.54, 1.807) is 31.2 Å². The number of nitrogens with zero attached hydrogens (tertiary/aromatic N) is 2. The minimum Gasteiger partial charge on any atom is -0.481 e. The number of aromatic amines is 1. The first-order valence-electron chi connectivity index (χ1n) is 9.87. The first kappa shape index (κ1) is 23.5. The predicted octanol–water partition coefficient (Wildman–Crippen LogP) is 2.88. The van der Waals surface area contributed by atoms with E-state index < -0.39 is 23.3 Å². The monoisotopic (exact) mass is 436 g/mol. The summed E-state index contributed by atoms with van der Waals surface area (Å²) in [4.78, 5) is 41.7. The average Bonchev–Trinajstić information content (AvgIpc) is 2.63. The lowest BCUT2D eigenvalue weighted by Crippen LogP contribution is -2.47. The molecule has 0 bridgehead atoms. The fourth-order valence-corrected chi connectivity index (χ4v) is 3.24. The Bertz CT molecular complexity index is 1010. The Morgan fingerprint density at radius 3 is 2.43 bits per heavy atom. The summed E-state index contributed by atoms with van der Waals surface area (Å²) in [5.41, 5.74) is 4.86. The van der Waals surface area contributed by atoms with E-state index in [-0.39, 0.29) is 29.9 Å². The highest BCUT2D eigenvalue weighted by Gasteiger charge is 2.29. The lowest BCUT2D eigenvalue weighted by molar-refractivity contribution is -0.124. The highest BCUT2D eigenvalue weighted by atomic mass is 35.5. The lowest BCUT2D eigenvalue weighted by Gasteiger charge is -2.28. The molecular formula is C21H29ClN4O4. The number of nitrogens with two attached hydrogens (primary N) is 1. The van der Waals surface area contributed by atoms with Crippen LogP contribution in [0.2, 0.25) is 5.02 Å². The van der Waals surface area contributed by atoms with Gasteiger partial charge in [0.05, 0.1) is 0 Å². The van der Waals surface area contributed by atoms with E-state index in [0.29, 0.717) is 17.3 Å². The Balaban J connectivity index is 2.48. The summed E-state index contributed by atoms with van der Waals surface area (Å²) in [5, 5.41) is 0.479. The van der Waals surface area contributed by atoms with Crippen molar-refractivity contribution >= 4 is 29.0 Å². The summed E-state index contributed by atoms with van der Waals surface area (Å²) in [5.74, 6) is 0.0937. The van der Waals surface area contributed by atoms with Crippen LogP contribution in [0.15, 0.2) is 33.9 Å². The summed E-state index contributed by atoms with van der Waals surface area (Å²) in [6.45, 7) is 9.81. The molecule has 0 radical (unpaired) electrons. The molecule has 0 spiro atoms. The molecule has 8 nitrogen and oxygen atoms in total. The third kappa shape index (κ3) is 5.66. The number of carbonyl (C=O) groups is 1. The van der Waals surface area contributed by atoms with Crippen LogP contribution >= 0.6 is 11.6 Å². The standard InChI is InChI=1S/C21H29ClN4O4/c1-12(2)10-25(20(28)14(5)30-16-8-6-7-15(22)9-16)17-18(23)26(11-13(3)4)21(29)24-19(17)27/h6-9,12-14H,10-11,23H2,1-5H3,(H,24,27,29). The molecule has 164 valence electrons. The first-order valence-corrected chi connectivity index (χ1v) is 10.2. The molecule has 0 saturated carbocycles. The van der Waals surface area contributed by atoms with Crippen molar-refractivity contribution in [3.63, 3.8) is 0 Å². The van der Waals surface area contributed by atoms with Gasteiger partial charge in [0.15, 0.2) is 11.8 Å². The zero-order valence-corrected chi connectivity index (χ0v) is 18.7. The predicted molar refractivity (Wildman–Crippen MR) is 119 cm³/mol. The van der Waals surface area contributed by atoms with E-state index >= 15 is 0 Å². The molecule has 0 fully saturated rings. The maximum atomic E-state index is 13.3. The van der Waals surface area contributed by atoms with Gasteiger partial charge in [0.2, 0.25) is 0 Å². The zero-order chi connectivity index (χ0) is 22.6. The number of benzene rings is 1. The topological polar surface area (TPSA) is 110 Å². The smallest absolute Gasteiger partial charge is 0.330 e. The van der Waals surface area contributed by atoms with Crippen LogP contribution < -0.4 is 26.6 Å².